The minimum atomic E-state index is -0.539. The molecule has 3 aromatic carbocycles. The molecule has 2 unspecified atom stereocenters. The van der Waals surface area contributed by atoms with Gasteiger partial charge in [0.2, 0.25) is 17.7 Å². The molecule has 0 spiro atoms. The third-order valence-electron chi connectivity index (χ3n) is 6.18. The van der Waals surface area contributed by atoms with Gasteiger partial charge in [-0.1, -0.05) is 12.1 Å². The zero-order valence-electron chi connectivity index (χ0n) is 19.6. The monoisotopic (exact) mass is 473 g/mol. The molecule has 0 bridgehead atoms. The van der Waals surface area contributed by atoms with Crippen LogP contribution in [-0.4, -0.2) is 31.9 Å². The summed E-state index contributed by atoms with van der Waals surface area (Å²) in [6.07, 6.45) is 0.630. The summed E-state index contributed by atoms with van der Waals surface area (Å²) in [7, 11) is 3.17. The normalized spacial score (nSPS) is 17.5. The van der Waals surface area contributed by atoms with E-state index in [0.717, 1.165) is 5.56 Å². The van der Waals surface area contributed by atoms with E-state index in [1.807, 2.05) is 36.4 Å². The van der Waals surface area contributed by atoms with Crippen LogP contribution in [0.25, 0.3) is 0 Å². The minimum Gasteiger partial charge on any atom is -0.497 e. The van der Waals surface area contributed by atoms with Crippen molar-refractivity contribution in [3.8, 4) is 11.5 Å². The van der Waals surface area contributed by atoms with E-state index in [1.54, 1.807) is 55.5 Å². The second-order valence-corrected chi connectivity index (χ2v) is 8.26. The molecule has 0 aromatic heterocycles. The Kier molecular flexibility index (Phi) is 7.01. The third kappa shape index (κ3) is 5.11. The lowest BCUT2D eigenvalue weighted by atomic mass is 9.83. The van der Waals surface area contributed by atoms with Crippen molar-refractivity contribution in [1.82, 2.24) is 0 Å². The van der Waals surface area contributed by atoms with E-state index in [2.05, 4.69) is 5.32 Å². The Hall–Kier alpha value is -4.33. The summed E-state index contributed by atoms with van der Waals surface area (Å²) in [5.74, 6) is 0.0206. The van der Waals surface area contributed by atoms with Crippen LogP contribution in [0.4, 0.5) is 11.4 Å². The summed E-state index contributed by atoms with van der Waals surface area (Å²) in [5, 5.41) is 2.93. The first-order valence-electron chi connectivity index (χ1n) is 11.2. The second-order valence-electron chi connectivity index (χ2n) is 8.26. The van der Waals surface area contributed by atoms with Crippen LogP contribution < -0.4 is 25.4 Å². The van der Waals surface area contributed by atoms with Crippen LogP contribution in [0.1, 0.15) is 34.8 Å². The molecule has 35 heavy (non-hydrogen) atoms. The maximum absolute atomic E-state index is 13.5. The topological polar surface area (TPSA) is 111 Å². The van der Waals surface area contributed by atoms with Gasteiger partial charge in [-0.2, -0.15) is 0 Å². The van der Waals surface area contributed by atoms with E-state index in [4.69, 9.17) is 15.2 Å². The van der Waals surface area contributed by atoms with Crippen molar-refractivity contribution in [3.05, 3.63) is 83.9 Å². The number of rotatable bonds is 7. The van der Waals surface area contributed by atoms with Crippen molar-refractivity contribution in [2.75, 3.05) is 24.4 Å². The Labute approximate surface area is 203 Å². The molecule has 1 aliphatic heterocycles. The number of piperidine rings is 1. The summed E-state index contributed by atoms with van der Waals surface area (Å²) >= 11 is 0. The highest BCUT2D eigenvalue weighted by Crippen LogP contribution is 2.41. The number of primary amides is 1. The smallest absolute Gasteiger partial charge is 0.248 e. The molecule has 0 radical (unpaired) electrons. The van der Waals surface area contributed by atoms with Gasteiger partial charge in [0, 0.05) is 23.4 Å². The van der Waals surface area contributed by atoms with Gasteiger partial charge in [0.25, 0.3) is 0 Å². The molecule has 0 saturated carbocycles. The van der Waals surface area contributed by atoms with Crippen molar-refractivity contribution < 1.29 is 23.9 Å². The van der Waals surface area contributed by atoms with Gasteiger partial charge in [-0.25, -0.2) is 0 Å². The molecule has 8 nitrogen and oxygen atoms in total. The fourth-order valence-corrected chi connectivity index (χ4v) is 4.35. The molecular formula is C27H27N3O5. The van der Waals surface area contributed by atoms with Crippen molar-refractivity contribution in [2.45, 2.75) is 18.9 Å². The van der Waals surface area contributed by atoms with Gasteiger partial charge in [-0.05, 0) is 72.6 Å². The molecule has 3 N–H and O–H groups in total. The average Bonchev–Trinajstić information content (AvgIpc) is 2.89. The number of hydrogen-bond acceptors (Lipinski definition) is 5. The number of carbonyl (C=O) groups excluding carboxylic acids is 3. The highest BCUT2D eigenvalue weighted by Gasteiger charge is 2.41. The lowest BCUT2D eigenvalue weighted by molar-refractivity contribution is -0.125. The number of ether oxygens (including phenoxy) is 2. The summed E-state index contributed by atoms with van der Waals surface area (Å²) in [6.45, 7) is 0. The molecule has 1 fully saturated rings. The van der Waals surface area contributed by atoms with Crippen LogP contribution in [-0.2, 0) is 9.59 Å². The highest BCUT2D eigenvalue weighted by atomic mass is 16.5. The largest absolute Gasteiger partial charge is 0.497 e. The molecular weight excluding hydrogens is 446 g/mol. The quantitative estimate of drug-likeness (QED) is 0.540. The van der Waals surface area contributed by atoms with Crippen molar-refractivity contribution in [2.24, 2.45) is 11.7 Å². The van der Waals surface area contributed by atoms with Gasteiger partial charge < -0.3 is 25.4 Å². The molecule has 8 heteroatoms. The maximum atomic E-state index is 13.5. The van der Waals surface area contributed by atoms with Crippen LogP contribution >= 0.6 is 0 Å². The lowest BCUT2D eigenvalue weighted by Gasteiger charge is -2.41. The average molecular weight is 474 g/mol. The first-order valence-corrected chi connectivity index (χ1v) is 11.2. The number of amides is 3. The Balaban J connectivity index is 1.69. The predicted octanol–water partition coefficient (Wildman–Crippen LogP) is 3.93. The van der Waals surface area contributed by atoms with Crippen LogP contribution in [0.2, 0.25) is 0 Å². The van der Waals surface area contributed by atoms with Gasteiger partial charge >= 0.3 is 0 Å². The number of hydrogen-bond donors (Lipinski definition) is 2. The molecule has 180 valence electrons. The third-order valence-corrected chi connectivity index (χ3v) is 6.18. The second kappa shape index (κ2) is 10.3. The molecule has 2 atom stereocenters. The highest BCUT2D eigenvalue weighted by molar-refractivity contribution is 6.00. The number of nitrogens with one attached hydrogen (secondary N) is 1. The van der Waals surface area contributed by atoms with Gasteiger partial charge in [0.1, 0.15) is 11.5 Å². The minimum absolute atomic E-state index is 0.0640. The van der Waals surface area contributed by atoms with Crippen LogP contribution in [0.5, 0.6) is 11.5 Å². The molecule has 0 aliphatic carbocycles. The van der Waals surface area contributed by atoms with Gasteiger partial charge in [-0.3, -0.25) is 14.4 Å². The fourth-order valence-electron chi connectivity index (χ4n) is 4.35. The summed E-state index contributed by atoms with van der Waals surface area (Å²) in [5.41, 5.74) is 7.70. The van der Waals surface area contributed by atoms with E-state index in [9.17, 15) is 14.4 Å². The number of benzene rings is 3. The van der Waals surface area contributed by atoms with Crippen molar-refractivity contribution >= 4 is 29.1 Å². The Morgan fingerprint density at radius 2 is 1.46 bits per heavy atom. The number of nitrogens with two attached hydrogens (primary N) is 1. The number of nitrogens with zero attached hydrogens (tertiary/aromatic N) is 1. The molecule has 1 saturated heterocycles. The van der Waals surface area contributed by atoms with Gasteiger partial charge in [-0.15, -0.1) is 0 Å². The first kappa shape index (κ1) is 23.8. The summed E-state index contributed by atoms with van der Waals surface area (Å²) in [6, 6.07) is 20.5. The number of carbonyl (C=O) groups is 3. The Bertz CT molecular complexity index is 1210. The van der Waals surface area contributed by atoms with Gasteiger partial charge in [0.15, 0.2) is 0 Å². The van der Waals surface area contributed by atoms with Crippen LogP contribution in [0.15, 0.2) is 72.8 Å². The predicted molar refractivity (Wildman–Crippen MR) is 133 cm³/mol. The van der Waals surface area contributed by atoms with E-state index in [-0.39, 0.29) is 18.2 Å². The molecule has 1 aliphatic rings. The van der Waals surface area contributed by atoms with E-state index in [1.165, 1.54) is 0 Å². The SMILES string of the molecule is COc1ccc(C2C(C(=O)Nc3ccc(C(N)=O)cc3)CCC(=O)N2c2ccc(OC)cc2)cc1. The van der Waals surface area contributed by atoms with Crippen LogP contribution in [0, 0.1) is 5.92 Å². The Morgan fingerprint density at radius 3 is 2.00 bits per heavy atom. The Morgan fingerprint density at radius 1 is 0.886 bits per heavy atom. The zero-order chi connectivity index (χ0) is 24.9. The van der Waals surface area contributed by atoms with Crippen molar-refractivity contribution in [1.29, 1.82) is 0 Å². The summed E-state index contributed by atoms with van der Waals surface area (Å²) < 4.78 is 10.5. The summed E-state index contributed by atoms with van der Waals surface area (Å²) in [4.78, 5) is 39.7. The molecule has 3 aromatic rings. The zero-order valence-corrected chi connectivity index (χ0v) is 19.6. The first-order chi connectivity index (χ1) is 16.9. The van der Waals surface area contributed by atoms with E-state index >= 15 is 0 Å². The van der Waals surface area contributed by atoms with Crippen LogP contribution in [0.3, 0.4) is 0 Å². The number of methoxy groups -OCH3 is 2. The van der Waals surface area contributed by atoms with Crippen molar-refractivity contribution in [3.63, 3.8) is 0 Å². The number of anilines is 2. The van der Waals surface area contributed by atoms with E-state index in [0.29, 0.717) is 34.9 Å². The lowest BCUT2D eigenvalue weighted by Crippen LogP contribution is -2.46. The van der Waals surface area contributed by atoms with E-state index < -0.39 is 17.9 Å². The standard InChI is InChI=1S/C27H27N3O5/c1-34-21-11-5-17(6-12-21)25-23(27(33)29-19-7-3-18(4-8-19)26(28)32)15-16-24(31)30(25)20-9-13-22(35-2)14-10-20/h3-14,23,25H,15-16H2,1-2H3,(H2,28,32)(H,29,33). The molecule has 4 rings (SSSR count). The fraction of sp³-hybridized carbons (Fsp3) is 0.222. The molecule has 3 amide bonds. The van der Waals surface area contributed by atoms with Gasteiger partial charge in [0.05, 0.1) is 26.2 Å². The maximum Gasteiger partial charge on any atom is 0.248 e. The molecule has 1 heterocycles.